The van der Waals surface area contributed by atoms with Crippen LogP contribution in [0.15, 0.2) is 44.5 Å². The zero-order valence-electron chi connectivity index (χ0n) is 28.2. The molecule has 0 unspecified atom stereocenters. The average Bonchev–Trinajstić information content (AvgIpc) is 2.65. The molecule has 0 saturated heterocycles. The van der Waals surface area contributed by atoms with Crippen molar-refractivity contribution in [3.8, 4) is 0 Å². The van der Waals surface area contributed by atoms with Crippen molar-refractivity contribution >= 4 is 6.71 Å². The van der Waals surface area contributed by atoms with Crippen molar-refractivity contribution in [1.82, 2.24) is 0 Å². The molecule has 0 radical (unpaired) electrons. The number of allylic oxidation sites excluding steroid dienone is 8. The molecular weight excluding hydrogens is 514 g/mol. The van der Waals surface area contributed by atoms with Gasteiger partial charge in [-0.3, -0.25) is 0 Å². The van der Waals surface area contributed by atoms with Crippen molar-refractivity contribution in [3.05, 3.63) is 44.5 Å². The summed E-state index contributed by atoms with van der Waals surface area (Å²) < 4.78 is 0. The van der Waals surface area contributed by atoms with Crippen molar-refractivity contribution < 1.29 is 20.4 Å². The molecule has 2 heteroatoms. The van der Waals surface area contributed by atoms with Gasteiger partial charge in [0.1, 0.15) is 0 Å². The van der Waals surface area contributed by atoms with Gasteiger partial charge in [0.2, 0.25) is 0 Å². The predicted octanol–water partition coefficient (Wildman–Crippen LogP) is 12.3. The molecule has 0 fully saturated rings. The predicted molar refractivity (Wildman–Crippen MR) is 167 cm³/mol. The van der Waals surface area contributed by atoms with Gasteiger partial charge in [0, 0.05) is 20.4 Å². The minimum Gasteiger partial charge on any atom is -0.101 e. The summed E-state index contributed by atoms with van der Waals surface area (Å²) in [5, 5.41) is 0. The van der Waals surface area contributed by atoms with E-state index >= 15 is 0 Å². The van der Waals surface area contributed by atoms with Crippen LogP contribution in [0.2, 0.25) is 13.6 Å². The van der Waals surface area contributed by atoms with Gasteiger partial charge in [0.05, 0.1) is 0 Å². The van der Waals surface area contributed by atoms with E-state index in [2.05, 4.69) is 131 Å². The summed E-state index contributed by atoms with van der Waals surface area (Å²) in [6.07, 6.45) is 0. The van der Waals surface area contributed by atoms with Gasteiger partial charge in [-0.25, -0.2) is 0 Å². The molecule has 0 atom stereocenters. The number of hydrogen-bond donors (Lipinski definition) is 0. The third kappa shape index (κ3) is 21.5. The second kappa shape index (κ2) is 24.0. The quantitative estimate of drug-likeness (QED) is 0.166. The summed E-state index contributed by atoms with van der Waals surface area (Å²) >= 11 is 0. The fourth-order valence-corrected chi connectivity index (χ4v) is 4.71. The first kappa shape index (κ1) is 44.7. The van der Waals surface area contributed by atoms with Crippen molar-refractivity contribution in [3.63, 3.8) is 0 Å². The van der Waals surface area contributed by atoms with Crippen LogP contribution in [-0.2, 0) is 20.4 Å². The Balaban J connectivity index is -0.000000127. The van der Waals surface area contributed by atoms with E-state index in [0.717, 1.165) is 5.92 Å². The zero-order valence-corrected chi connectivity index (χ0v) is 29.8. The smallest absolute Gasteiger partial charge is 0.101 e. The second-order valence-electron chi connectivity index (χ2n) is 11.7. The Kier molecular flexibility index (Phi) is 30.7. The molecule has 0 heterocycles. The first-order chi connectivity index (χ1) is 15.3. The van der Waals surface area contributed by atoms with E-state index in [1.165, 1.54) is 27.9 Å². The Morgan fingerprint density at radius 2 is 0.714 bits per heavy atom. The van der Waals surface area contributed by atoms with Crippen LogP contribution in [0.4, 0.5) is 0 Å². The molecule has 0 amide bonds. The monoisotopic (exact) mass is 580 g/mol. The molecule has 212 valence electrons. The van der Waals surface area contributed by atoms with Gasteiger partial charge in [-0.2, -0.15) is 0 Å². The minimum absolute atomic E-state index is 0. The Labute approximate surface area is 239 Å². The van der Waals surface area contributed by atoms with Gasteiger partial charge in [-0.15, -0.1) is 5.47 Å². The molecule has 0 spiro atoms. The maximum Gasteiger partial charge on any atom is 0.164 e. The molecule has 0 bridgehead atoms. The Morgan fingerprint density at radius 1 is 0.429 bits per heavy atom. The normalized spacial score (nSPS) is 9.51. The van der Waals surface area contributed by atoms with Crippen molar-refractivity contribution in [2.45, 2.75) is 145 Å². The molecule has 0 aromatic carbocycles. The molecule has 0 aromatic rings. The van der Waals surface area contributed by atoms with Gasteiger partial charge in [-0.05, 0) is 97.1 Å². The standard InChI is InChI=1S/C14H26.C9H19B.C8H16.C2H6.Pd/c1-9(2)13(10(3)4)14(11(5)6)12(7)8;1-7(2)9(8(3)4)10(5)6;1-6(2)8(5)7(3)4;1-2;/h9,11H,1-8H3;7H,1-6H3;6H,1-5H3;1-2H3;. The summed E-state index contributed by atoms with van der Waals surface area (Å²) in [4.78, 5) is 0. The van der Waals surface area contributed by atoms with Crippen LogP contribution in [0.1, 0.15) is 132 Å². The molecule has 0 saturated carbocycles. The van der Waals surface area contributed by atoms with Gasteiger partial charge < -0.3 is 0 Å². The number of rotatable bonds is 6. The molecule has 0 nitrogen and oxygen atoms in total. The minimum atomic E-state index is 0. The summed E-state index contributed by atoms with van der Waals surface area (Å²) in [5.41, 5.74) is 12.1. The fraction of sp³-hybridized carbons (Fsp3) is 0.758. The van der Waals surface area contributed by atoms with Crippen LogP contribution < -0.4 is 0 Å². The van der Waals surface area contributed by atoms with Crippen LogP contribution >= 0.6 is 0 Å². The summed E-state index contributed by atoms with van der Waals surface area (Å²) in [6, 6.07) is 0. The van der Waals surface area contributed by atoms with Crippen molar-refractivity contribution in [2.75, 3.05) is 0 Å². The Morgan fingerprint density at radius 3 is 0.743 bits per heavy atom. The van der Waals surface area contributed by atoms with Crippen LogP contribution in [-0.4, -0.2) is 6.71 Å². The second-order valence-corrected chi connectivity index (χ2v) is 11.7. The van der Waals surface area contributed by atoms with Crippen molar-refractivity contribution in [1.29, 1.82) is 0 Å². The average molecular weight is 581 g/mol. The third-order valence-electron chi connectivity index (χ3n) is 6.00. The molecule has 0 N–H and O–H groups in total. The Bertz CT molecular complexity index is 611. The summed E-state index contributed by atoms with van der Waals surface area (Å²) in [7, 11) is 0. The zero-order chi connectivity index (χ0) is 28.5. The molecular formula is C33H67BPd. The number of hydrogen-bond acceptors (Lipinski definition) is 0. The van der Waals surface area contributed by atoms with E-state index < -0.39 is 0 Å². The molecule has 0 aliphatic carbocycles. The van der Waals surface area contributed by atoms with Gasteiger partial charge in [0.15, 0.2) is 6.71 Å². The van der Waals surface area contributed by atoms with E-state index in [0.29, 0.717) is 24.5 Å². The van der Waals surface area contributed by atoms with E-state index in [1.54, 1.807) is 16.6 Å². The van der Waals surface area contributed by atoms with Crippen molar-refractivity contribution in [2.24, 2.45) is 23.7 Å². The van der Waals surface area contributed by atoms with Gasteiger partial charge in [0.25, 0.3) is 0 Å². The fourth-order valence-electron chi connectivity index (χ4n) is 4.71. The molecule has 0 aliphatic heterocycles. The van der Waals surface area contributed by atoms with Gasteiger partial charge in [-0.1, -0.05) is 111 Å². The molecule has 0 aliphatic rings. The van der Waals surface area contributed by atoms with E-state index in [4.69, 9.17) is 0 Å². The maximum atomic E-state index is 2.29. The molecule has 35 heavy (non-hydrogen) atoms. The summed E-state index contributed by atoms with van der Waals surface area (Å²) in [5.74, 6) is 2.70. The summed E-state index contributed by atoms with van der Waals surface area (Å²) in [6.45, 7) is 47.2. The van der Waals surface area contributed by atoms with Crippen LogP contribution in [0.5, 0.6) is 0 Å². The first-order valence-electron chi connectivity index (χ1n) is 14.0. The van der Waals surface area contributed by atoms with Gasteiger partial charge >= 0.3 is 0 Å². The van der Waals surface area contributed by atoms with E-state index in [-0.39, 0.29) is 20.4 Å². The first-order valence-corrected chi connectivity index (χ1v) is 14.0. The molecule has 0 rings (SSSR count). The topological polar surface area (TPSA) is 0 Å². The SMILES string of the molecule is CB(C)C(=C(C)C)C(C)C.CC.CC(C)=C(C(=C(C)C)C(C)C)C(C)C.CC(C)=C(C)C(C)C.[Pd]. The van der Waals surface area contributed by atoms with Crippen LogP contribution in [0.3, 0.4) is 0 Å². The maximum absolute atomic E-state index is 2.29. The van der Waals surface area contributed by atoms with Crippen LogP contribution in [0, 0.1) is 23.7 Å². The van der Waals surface area contributed by atoms with Crippen LogP contribution in [0.25, 0.3) is 0 Å². The Hall–Kier alpha value is -0.313. The third-order valence-corrected chi connectivity index (χ3v) is 6.00. The van der Waals surface area contributed by atoms with E-state index in [1.807, 2.05) is 13.8 Å². The largest absolute Gasteiger partial charge is 0.164 e. The molecule has 0 aromatic heterocycles. The van der Waals surface area contributed by atoms with E-state index in [9.17, 15) is 0 Å².